The van der Waals surface area contributed by atoms with Crippen LogP contribution in [0.5, 0.6) is 0 Å². The van der Waals surface area contributed by atoms with E-state index in [1.807, 2.05) is 0 Å². The van der Waals surface area contributed by atoms with E-state index in [2.05, 4.69) is 10.6 Å². The largest absolute Gasteiger partial charge is 0.446 e. The topological polar surface area (TPSA) is 81.7 Å². The molecule has 1 atom stereocenters. The Bertz CT molecular complexity index is 612. The Balaban J connectivity index is 2.08. The summed E-state index contributed by atoms with van der Waals surface area (Å²) in [4.78, 5) is 25.3. The van der Waals surface area contributed by atoms with Crippen LogP contribution in [0.1, 0.15) is 6.42 Å². The van der Waals surface area contributed by atoms with Crippen LogP contribution in [0.2, 0.25) is 0 Å². The number of nitrogens with one attached hydrogen (secondary N) is 2. The zero-order chi connectivity index (χ0) is 17.7. The molecule has 0 aliphatic carbocycles. The van der Waals surface area contributed by atoms with Gasteiger partial charge in [0.05, 0.1) is 0 Å². The highest BCUT2D eigenvalue weighted by Gasteiger charge is 2.33. The second-order valence-corrected chi connectivity index (χ2v) is 6.16. The molecule has 0 aromatic heterocycles. The van der Waals surface area contributed by atoms with Crippen LogP contribution in [0.25, 0.3) is 0 Å². The van der Waals surface area contributed by atoms with Gasteiger partial charge in [-0.1, -0.05) is 6.07 Å². The minimum Gasteiger partial charge on any atom is -0.396 e. The van der Waals surface area contributed by atoms with Gasteiger partial charge in [-0.05, 0) is 36.4 Å². The van der Waals surface area contributed by atoms with E-state index in [1.54, 1.807) is 0 Å². The normalized spacial score (nSPS) is 18.2. The lowest BCUT2D eigenvalue weighted by atomic mass is 10.1. The molecule has 1 fully saturated rings. The van der Waals surface area contributed by atoms with Crippen molar-refractivity contribution in [2.45, 2.75) is 22.9 Å². The van der Waals surface area contributed by atoms with Crippen molar-refractivity contribution in [3.8, 4) is 0 Å². The number of amides is 3. The number of carbonyl (C=O) groups excluding carboxylic acids is 2. The molecule has 0 spiro atoms. The van der Waals surface area contributed by atoms with Crippen LogP contribution in [-0.4, -0.2) is 53.2 Å². The number of aliphatic hydroxyl groups is 1. The smallest absolute Gasteiger partial charge is 0.396 e. The number of hydrogen-bond acceptors (Lipinski definition) is 4. The predicted molar refractivity (Wildman–Crippen MR) is 82.6 cm³/mol. The molecule has 6 nitrogen and oxygen atoms in total. The van der Waals surface area contributed by atoms with Crippen LogP contribution in [0.3, 0.4) is 0 Å². The van der Waals surface area contributed by atoms with Gasteiger partial charge in [-0.2, -0.15) is 13.2 Å². The first-order chi connectivity index (χ1) is 11.3. The maximum Gasteiger partial charge on any atom is 0.446 e. The van der Waals surface area contributed by atoms with Gasteiger partial charge < -0.3 is 20.6 Å². The lowest BCUT2D eigenvalue weighted by Gasteiger charge is -2.34. The van der Waals surface area contributed by atoms with Crippen LogP contribution in [-0.2, 0) is 4.79 Å². The van der Waals surface area contributed by atoms with E-state index in [1.165, 1.54) is 29.2 Å². The summed E-state index contributed by atoms with van der Waals surface area (Å²) >= 11 is -0.275. The molecule has 1 aliphatic heterocycles. The summed E-state index contributed by atoms with van der Waals surface area (Å²) in [6.07, 6.45) is 0.0865. The number of hydrogen-bond donors (Lipinski definition) is 3. The molecule has 132 valence electrons. The summed E-state index contributed by atoms with van der Waals surface area (Å²) in [5, 5.41) is 14.1. The number of carbonyl (C=O) groups is 2. The van der Waals surface area contributed by atoms with Gasteiger partial charge in [0.2, 0.25) is 5.91 Å². The van der Waals surface area contributed by atoms with E-state index < -0.39 is 17.6 Å². The quantitative estimate of drug-likeness (QED) is 0.715. The van der Waals surface area contributed by atoms with Crippen molar-refractivity contribution in [3.63, 3.8) is 0 Å². The summed E-state index contributed by atoms with van der Waals surface area (Å²) in [7, 11) is 0. The third-order valence-electron chi connectivity index (χ3n) is 3.31. The van der Waals surface area contributed by atoms with E-state index in [-0.39, 0.29) is 54.4 Å². The molecule has 3 amide bonds. The third kappa shape index (κ3) is 5.03. The SMILES string of the molecule is O=C1NCCN(C(=O)Nc2cccc(SC(F)(F)F)c2)[C@@H]1CCO. The zero-order valence-electron chi connectivity index (χ0n) is 12.5. The van der Waals surface area contributed by atoms with E-state index in [0.29, 0.717) is 0 Å². The number of halogens is 3. The van der Waals surface area contributed by atoms with Crippen LogP contribution in [0.15, 0.2) is 29.2 Å². The highest BCUT2D eigenvalue weighted by molar-refractivity contribution is 8.00. The number of thioether (sulfide) groups is 1. The monoisotopic (exact) mass is 363 g/mol. The Morgan fingerprint density at radius 1 is 1.46 bits per heavy atom. The Morgan fingerprint density at radius 2 is 2.21 bits per heavy atom. The van der Waals surface area contributed by atoms with E-state index in [9.17, 15) is 22.8 Å². The van der Waals surface area contributed by atoms with Gasteiger partial charge in [-0.25, -0.2) is 4.79 Å². The number of aliphatic hydroxyl groups excluding tert-OH is 1. The number of nitrogens with zero attached hydrogens (tertiary/aromatic N) is 1. The molecule has 0 radical (unpaired) electrons. The highest BCUT2D eigenvalue weighted by Crippen LogP contribution is 2.37. The number of benzene rings is 1. The molecular weight excluding hydrogens is 347 g/mol. The molecule has 0 saturated carbocycles. The molecule has 0 unspecified atom stereocenters. The summed E-state index contributed by atoms with van der Waals surface area (Å²) in [5.41, 5.74) is -4.22. The van der Waals surface area contributed by atoms with Crippen molar-refractivity contribution in [3.05, 3.63) is 24.3 Å². The van der Waals surface area contributed by atoms with Crippen molar-refractivity contribution in [2.24, 2.45) is 0 Å². The van der Waals surface area contributed by atoms with Crippen molar-refractivity contribution < 1.29 is 27.9 Å². The summed E-state index contributed by atoms with van der Waals surface area (Å²) in [5.74, 6) is -0.369. The fraction of sp³-hybridized carbons (Fsp3) is 0.429. The molecule has 2 rings (SSSR count). The minimum atomic E-state index is -4.42. The van der Waals surface area contributed by atoms with Crippen molar-refractivity contribution in [1.29, 1.82) is 0 Å². The Hall–Kier alpha value is -1.94. The zero-order valence-corrected chi connectivity index (χ0v) is 13.3. The molecule has 0 bridgehead atoms. The van der Waals surface area contributed by atoms with E-state index in [0.717, 1.165) is 0 Å². The first-order valence-electron chi connectivity index (χ1n) is 7.12. The maximum atomic E-state index is 12.4. The number of alkyl halides is 3. The van der Waals surface area contributed by atoms with Gasteiger partial charge in [0.25, 0.3) is 0 Å². The van der Waals surface area contributed by atoms with E-state index in [4.69, 9.17) is 5.11 Å². The molecule has 1 aliphatic rings. The second-order valence-electron chi connectivity index (χ2n) is 5.02. The van der Waals surface area contributed by atoms with Crippen molar-refractivity contribution >= 4 is 29.4 Å². The summed E-state index contributed by atoms with van der Waals surface area (Å²) < 4.78 is 37.2. The van der Waals surface area contributed by atoms with Crippen LogP contribution in [0.4, 0.5) is 23.7 Å². The van der Waals surface area contributed by atoms with Gasteiger partial charge in [0.1, 0.15) is 6.04 Å². The standard InChI is InChI=1S/C14H16F3N3O3S/c15-14(16,17)24-10-3-1-2-9(8-10)19-13(23)20-6-5-18-12(22)11(20)4-7-21/h1-3,8,11,21H,4-7H2,(H,18,22)(H,19,23)/t11-/m1/s1. The average molecular weight is 363 g/mol. The fourth-order valence-electron chi connectivity index (χ4n) is 2.33. The second kappa shape index (κ2) is 7.75. The number of urea groups is 1. The number of rotatable bonds is 4. The van der Waals surface area contributed by atoms with Crippen LogP contribution < -0.4 is 10.6 Å². The molecular formula is C14H16F3N3O3S. The molecule has 1 aromatic rings. The Labute approximate surface area is 140 Å². The molecule has 1 aromatic carbocycles. The van der Waals surface area contributed by atoms with E-state index >= 15 is 0 Å². The lowest BCUT2D eigenvalue weighted by molar-refractivity contribution is -0.128. The van der Waals surface area contributed by atoms with Crippen LogP contribution in [0, 0.1) is 0 Å². The number of piperazine rings is 1. The average Bonchev–Trinajstić information content (AvgIpc) is 2.48. The summed E-state index contributed by atoms with van der Waals surface area (Å²) in [6, 6.07) is 3.95. The lowest BCUT2D eigenvalue weighted by Crippen LogP contribution is -2.58. The Kier molecular flexibility index (Phi) is 5.94. The van der Waals surface area contributed by atoms with Gasteiger partial charge in [-0.3, -0.25) is 4.79 Å². The first-order valence-corrected chi connectivity index (χ1v) is 7.94. The molecule has 1 heterocycles. The van der Waals surface area contributed by atoms with Gasteiger partial charge in [-0.15, -0.1) is 0 Å². The Morgan fingerprint density at radius 3 is 2.88 bits per heavy atom. The van der Waals surface area contributed by atoms with Gasteiger partial charge >= 0.3 is 11.5 Å². The van der Waals surface area contributed by atoms with Gasteiger partial charge in [0.15, 0.2) is 0 Å². The molecule has 1 saturated heterocycles. The van der Waals surface area contributed by atoms with Crippen molar-refractivity contribution in [2.75, 3.05) is 25.0 Å². The minimum absolute atomic E-state index is 0.0522. The maximum absolute atomic E-state index is 12.4. The molecule has 10 heteroatoms. The van der Waals surface area contributed by atoms with Crippen LogP contribution >= 0.6 is 11.8 Å². The fourth-order valence-corrected chi connectivity index (χ4v) is 2.93. The molecule has 3 N–H and O–H groups in total. The first kappa shape index (κ1) is 18.4. The number of anilines is 1. The third-order valence-corrected chi connectivity index (χ3v) is 4.03. The molecule has 24 heavy (non-hydrogen) atoms. The predicted octanol–water partition coefficient (Wildman–Crippen LogP) is 2.01. The van der Waals surface area contributed by atoms with Crippen molar-refractivity contribution in [1.82, 2.24) is 10.2 Å². The summed E-state index contributed by atoms with van der Waals surface area (Å²) in [6.45, 7) is 0.261. The highest BCUT2D eigenvalue weighted by atomic mass is 32.2. The van der Waals surface area contributed by atoms with Gasteiger partial charge in [0, 0.05) is 30.3 Å².